The lowest BCUT2D eigenvalue weighted by atomic mass is 9.78. The van der Waals surface area contributed by atoms with E-state index >= 15 is 0 Å². The van der Waals surface area contributed by atoms with Gasteiger partial charge in [0.05, 0.1) is 5.75 Å². The molecule has 0 radical (unpaired) electrons. The third kappa shape index (κ3) is 4.73. The maximum Gasteiger partial charge on any atom is 0.191 e. The molecule has 0 aromatic heterocycles. The molecule has 1 aromatic carbocycles. The van der Waals surface area contributed by atoms with Crippen molar-refractivity contribution in [3.05, 3.63) is 35.4 Å². The molecule has 0 fully saturated rings. The van der Waals surface area contributed by atoms with E-state index in [1.165, 1.54) is 17.4 Å². The smallest absolute Gasteiger partial charge is 0.191 e. The van der Waals surface area contributed by atoms with E-state index < -0.39 is 9.84 Å². The highest BCUT2D eigenvalue weighted by molar-refractivity contribution is 7.90. The Hall–Kier alpha value is -1.56. The molecule has 0 saturated heterocycles. The van der Waals surface area contributed by atoms with Crippen LogP contribution in [0.5, 0.6) is 0 Å². The first-order valence-corrected chi connectivity index (χ1v) is 9.68. The maximum atomic E-state index is 11.2. The van der Waals surface area contributed by atoms with Gasteiger partial charge in [0.1, 0.15) is 9.84 Å². The zero-order chi connectivity index (χ0) is 16.2. The van der Waals surface area contributed by atoms with E-state index in [0.717, 1.165) is 18.9 Å². The molecule has 6 heteroatoms. The van der Waals surface area contributed by atoms with Gasteiger partial charge in [-0.3, -0.25) is 4.99 Å². The lowest BCUT2D eigenvalue weighted by Gasteiger charge is -2.31. The number of hydrogen-bond acceptors (Lipinski definition) is 3. The van der Waals surface area contributed by atoms with Gasteiger partial charge in [-0.1, -0.05) is 24.3 Å². The third-order valence-electron chi connectivity index (χ3n) is 4.01. The van der Waals surface area contributed by atoms with Crippen LogP contribution in [0.1, 0.15) is 30.4 Å². The van der Waals surface area contributed by atoms with Crippen LogP contribution in [0, 0.1) is 0 Å². The molecule has 22 heavy (non-hydrogen) atoms. The van der Waals surface area contributed by atoms with Gasteiger partial charge in [0.25, 0.3) is 0 Å². The molecule has 0 saturated carbocycles. The molecular formula is C16H25N3O2S. The quantitative estimate of drug-likeness (QED) is 0.612. The first-order chi connectivity index (χ1) is 10.4. The van der Waals surface area contributed by atoms with Crippen LogP contribution in [0.4, 0.5) is 0 Å². The van der Waals surface area contributed by atoms with Gasteiger partial charge in [0.15, 0.2) is 5.96 Å². The fraction of sp³-hybridized carbons (Fsp3) is 0.562. The van der Waals surface area contributed by atoms with Crippen LogP contribution in [-0.2, 0) is 16.3 Å². The van der Waals surface area contributed by atoms with Crippen LogP contribution in [0.25, 0.3) is 0 Å². The van der Waals surface area contributed by atoms with Crippen LogP contribution in [0.15, 0.2) is 29.3 Å². The van der Waals surface area contributed by atoms with E-state index in [1.54, 1.807) is 7.05 Å². The molecule has 2 unspecified atom stereocenters. The molecule has 0 aliphatic heterocycles. The molecule has 0 amide bonds. The van der Waals surface area contributed by atoms with Crippen molar-refractivity contribution in [2.24, 2.45) is 4.99 Å². The first-order valence-electron chi connectivity index (χ1n) is 7.61. The maximum absolute atomic E-state index is 11.2. The number of aliphatic imine (C=N–C) groups is 1. The van der Waals surface area contributed by atoms with E-state index in [0.29, 0.717) is 12.3 Å². The van der Waals surface area contributed by atoms with Crippen molar-refractivity contribution in [2.45, 2.75) is 31.7 Å². The Balaban J connectivity index is 1.77. The molecule has 1 aliphatic carbocycles. The minimum Gasteiger partial charge on any atom is -0.356 e. The van der Waals surface area contributed by atoms with Gasteiger partial charge in [-0.05, 0) is 30.9 Å². The summed E-state index contributed by atoms with van der Waals surface area (Å²) in [7, 11) is -1.19. The molecule has 5 nitrogen and oxygen atoms in total. The van der Waals surface area contributed by atoms with Crippen LogP contribution >= 0.6 is 0 Å². The van der Waals surface area contributed by atoms with E-state index in [1.807, 2.05) is 6.92 Å². The van der Waals surface area contributed by atoms with E-state index in [2.05, 4.69) is 39.9 Å². The van der Waals surface area contributed by atoms with E-state index in [-0.39, 0.29) is 11.8 Å². The summed E-state index contributed by atoms with van der Waals surface area (Å²) in [5.41, 5.74) is 2.84. The van der Waals surface area contributed by atoms with Gasteiger partial charge in [0, 0.05) is 31.8 Å². The highest BCUT2D eigenvalue weighted by Crippen LogP contribution is 2.33. The summed E-state index contributed by atoms with van der Waals surface area (Å²) >= 11 is 0. The van der Waals surface area contributed by atoms with Crippen molar-refractivity contribution in [3.63, 3.8) is 0 Å². The predicted molar refractivity (Wildman–Crippen MR) is 91.2 cm³/mol. The van der Waals surface area contributed by atoms with E-state index in [9.17, 15) is 8.42 Å². The Labute approximate surface area is 133 Å². The van der Waals surface area contributed by atoms with Crippen molar-refractivity contribution in [1.82, 2.24) is 10.6 Å². The topological polar surface area (TPSA) is 70.6 Å². The average Bonchev–Trinajstić information content (AvgIpc) is 2.44. The number of benzene rings is 1. The molecule has 1 aliphatic rings. The third-order valence-corrected chi connectivity index (χ3v) is 4.98. The molecule has 2 atom stereocenters. The van der Waals surface area contributed by atoms with Crippen LogP contribution in [0.2, 0.25) is 0 Å². The van der Waals surface area contributed by atoms with Gasteiger partial charge in [-0.25, -0.2) is 8.42 Å². The SMILES string of the molecule is CN=C(NCC1Cc2ccccc21)NC(C)CCS(C)(=O)=O. The van der Waals surface area contributed by atoms with Crippen molar-refractivity contribution in [1.29, 1.82) is 0 Å². The van der Waals surface area contributed by atoms with Crippen molar-refractivity contribution >= 4 is 15.8 Å². The number of hydrogen-bond donors (Lipinski definition) is 2. The molecule has 2 rings (SSSR count). The summed E-state index contributed by atoms with van der Waals surface area (Å²) in [5.74, 6) is 1.44. The van der Waals surface area contributed by atoms with Gasteiger partial charge < -0.3 is 10.6 Å². The fourth-order valence-electron chi connectivity index (χ4n) is 2.66. The number of nitrogens with one attached hydrogen (secondary N) is 2. The fourth-order valence-corrected chi connectivity index (χ4v) is 3.44. The largest absolute Gasteiger partial charge is 0.356 e. The summed E-state index contributed by atoms with van der Waals surface area (Å²) < 4.78 is 22.4. The molecular weight excluding hydrogens is 298 g/mol. The van der Waals surface area contributed by atoms with Crippen LogP contribution < -0.4 is 10.6 Å². The Morgan fingerprint density at radius 1 is 1.41 bits per heavy atom. The molecule has 0 bridgehead atoms. The Morgan fingerprint density at radius 3 is 2.77 bits per heavy atom. The molecule has 0 spiro atoms. The van der Waals surface area contributed by atoms with Crippen molar-refractivity contribution in [3.8, 4) is 0 Å². The summed E-state index contributed by atoms with van der Waals surface area (Å²) in [6, 6.07) is 8.56. The summed E-state index contributed by atoms with van der Waals surface area (Å²) in [6.07, 6.45) is 2.94. The Bertz CT molecular complexity index is 641. The molecule has 1 aromatic rings. The summed E-state index contributed by atoms with van der Waals surface area (Å²) in [6.45, 7) is 2.81. The first kappa shape index (κ1) is 16.8. The van der Waals surface area contributed by atoms with Gasteiger partial charge in [-0.2, -0.15) is 0 Å². The number of rotatable bonds is 6. The minimum absolute atomic E-state index is 0.0644. The number of guanidine groups is 1. The van der Waals surface area contributed by atoms with E-state index in [4.69, 9.17) is 0 Å². The molecule has 2 N–H and O–H groups in total. The Morgan fingerprint density at radius 2 is 2.14 bits per heavy atom. The van der Waals surface area contributed by atoms with Crippen molar-refractivity contribution in [2.75, 3.05) is 25.6 Å². The zero-order valence-electron chi connectivity index (χ0n) is 13.5. The summed E-state index contributed by atoms with van der Waals surface area (Å²) in [4.78, 5) is 4.20. The minimum atomic E-state index is -2.92. The molecule has 122 valence electrons. The second-order valence-corrected chi connectivity index (χ2v) is 8.28. The van der Waals surface area contributed by atoms with Gasteiger partial charge in [0.2, 0.25) is 0 Å². The number of sulfone groups is 1. The number of nitrogens with zero attached hydrogens (tertiary/aromatic N) is 1. The lowest BCUT2D eigenvalue weighted by Crippen LogP contribution is -2.45. The highest BCUT2D eigenvalue weighted by Gasteiger charge is 2.25. The van der Waals surface area contributed by atoms with Gasteiger partial charge >= 0.3 is 0 Å². The lowest BCUT2D eigenvalue weighted by molar-refractivity contribution is 0.564. The monoisotopic (exact) mass is 323 g/mol. The second-order valence-electron chi connectivity index (χ2n) is 6.02. The van der Waals surface area contributed by atoms with Crippen LogP contribution in [0.3, 0.4) is 0 Å². The standard InChI is InChI=1S/C16H25N3O2S/c1-12(8-9-22(3,20)21)19-16(17-2)18-11-14-10-13-6-4-5-7-15(13)14/h4-7,12,14H,8-11H2,1-3H3,(H2,17,18,19). The molecule has 0 heterocycles. The predicted octanol–water partition coefficient (Wildman–Crippen LogP) is 1.31. The summed E-state index contributed by atoms with van der Waals surface area (Å²) in [5, 5.41) is 6.57. The zero-order valence-corrected chi connectivity index (χ0v) is 14.3. The number of fused-ring (bicyclic) bond motifs is 1. The van der Waals surface area contributed by atoms with Gasteiger partial charge in [-0.15, -0.1) is 0 Å². The Kier molecular flexibility index (Phi) is 5.45. The average molecular weight is 323 g/mol. The second kappa shape index (κ2) is 7.13. The normalized spacial score (nSPS) is 19.0. The van der Waals surface area contributed by atoms with Crippen LogP contribution in [-0.4, -0.2) is 46.0 Å². The van der Waals surface area contributed by atoms with Crippen molar-refractivity contribution < 1.29 is 8.42 Å². The highest BCUT2D eigenvalue weighted by atomic mass is 32.2.